The lowest BCUT2D eigenvalue weighted by Crippen LogP contribution is -2.74. The summed E-state index contributed by atoms with van der Waals surface area (Å²) in [5.41, 5.74) is 11.9. The lowest BCUT2D eigenvalue weighted by molar-refractivity contribution is -0.181. The number of nitrogens with zero attached hydrogens (tertiary/aromatic N) is 1. The van der Waals surface area contributed by atoms with Gasteiger partial charge in [0.05, 0.1) is 17.5 Å². The Hall–Kier alpha value is -3.73. The van der Waals surface area contributed by atoms with E-state index in [2.05, 4.69) is 20.8 Å². The number of benzene rings is 2. The van der Waals surface area contributed by atoms with Crippen LogP contribution < -0.4 is 11.5 Å². The van der Waals surface area contributed by atoms with Crippen LogP contribution in [0.15, 0.2) is 30.3 Å². The highest BCUT2D eigenvalue weighted by Crippen LogP contribution is 2.52. The van der Waals surface area contributed by atoms with Crippen LogP contribution in [0.1, 0.15) is 54.2 Å². The van der Waals surface area contributed by atoms with E-state index in [4.69, 9.17) is 11.5 Å². The van der Waals surface area contributed by atoms with Gasteiger partial charge in [0.15, 0.2) is 34.7 Å². The highest BCUT2D eigenvalue weighted by Gasteiger charge is 2.69. The van der Waals surface area contributed by atoms with E-state index in [1.807, 2.05) is 24.3 Å². The highest BCUT2D eigenvalue weighted by atomic mass is 16.3. The summed E-state index contributed by atoms with van der Waals surface area (Å²) in [6, 6.07) is 8.50. The number of likely N-dealkylation sites (N-methyl/N-ethyl adjacent to an activating group) is 1. The molecule has 0 saturated heterocycles. The normalized spacial score (nSPS) is 29.3. The van der Waals surface area contributed by atoms with Gasteiger partial charge in [-0.3, -0.25) is 28.9 Å². The number of ketones is 4. The van der Waals surface area contributed by atoms with Crippen LogP contribution in [0.5, 0.6) is 5.75 Å². The molecule has 2 fully saturated rings. The second-order valence-electron chi connectivity index (χ2n) is 13.1. The largest absolute Gasteiger partial charge is 0.507 e. The zero-order chi connectivity index (χ0) is 31.0. The number of fused-ring (bicyclic) bond motifs is 3. The third-order valence-electron chi connectivity index (χ3n) is 9.42. The minimum absolute atomic E-state index is 0.00823. The molecule has 2 aromatic rings. The van der Waals surface area contributed by atoms with Crippen LogP contribution in [0.2, 0.25) is 0 Å². The van der Waals surface area contributed by atoms with Gasteiger partial charge in [0.2, 0.25) is 5.91 Å². The molecular formula is C32H37N3O7. The van der Waals surface area contributed by atoms with Crippen LogP contribution in [0.25, 0.3) is 11.1 Å². The standard InChI is InChI=1S/C32H37N3O7/c1-31(2,3)17-8-6-14(7-9-17)18-11-16(13-33)25(36)22-19(18)10-15-12-20-24(35(4)5)27(38)23(30(34)41)29(40)32(20,42)28(39)21(15)26(22)37/h6-9,11,15,20-21,23-24,36,42H,10,12-13,33H2,1-5H3,(H2,34,41). The second-order valence-corrected chi connectivity index (χ2v) is 13.1. The average Bonchev–Trinajstić information content (AvgIpc) is 2.90. The molecule has 2 aromatic carbocycles. The Balaban J connectivity index is 1.67. The second kappa shape index (κ2) is 9.93. The fourth-order valence-corrected chi connectivity index (χ4v) is 7.29. The SMILES string of the molecule is CN(C)C1C(=O)C(C(N)=O)C(=O)C2(O)C(=O)C3C(=O)c4c(O)c(CN)cc(-c5ccc(C(C)(C)C)cc5)c4CC3CC12. The van der Waals surface area contributed by atoms with Crippen molar-refractivity contribution in [2.75, 3.05) is 14.1 Å². The molecule has 6 N–H and O–H groups in total. The van der Waals surface area contributed by atoms with Crippen molar-refractivity contribution in [2.24, 2.45) is 35.1 Å². The molecule has 6 unspecified atom stereocenters. The van der Waals surface area contributed by atoms with Crippen molar-refractivity contribution in [3.8, 4) is 16.9 Å². The maximum atomic E-state index is 14.1. The predicted molar refractivity (Wildman–Crippen MR) is 153 cm³/mol. The number of phenols is 1. The van der Waals surface area contributed by atoms with Crippen molar-refractivity contribution >= 4 is 29.0 Å². The molecule has 0 spiro atoms. The van der Waals surface area contributed by atoms with Gasteiger partial charge in [-0.1, -0.05) is 45.0 Å². The van der Waals surface area contributed by atoms with E-state index in [0.717, 1.165) is 11.1 Å². The zero-order valence-corrected chi connectivity index (χ0v) is 24.4. The summed E-state index contributed by atoms with van der Waals surface area (Å²) in [5, 5.41) is 22.9. The third-order valence-corrected chi connectivity index (χ3v) is 9.42. The van der Waals surface area contributed by atoms with Gasteiger partial charge in [0.1, 0.15) is 5.75 Å². The molecule has 2 saturated carbocycles. The Kier molecular flexibility index (Phi) is 7.03. The van der Waals surface area contributed by atoms with Gasteiger partial charge in [0, 0.05) is 18.0 Å². The first-order valence-electron chi connectivity index (χ1n) is 14.1. The van der Waals surface area contributed by atoms with Gasteiger partial charge < -0.3 is 21.7 Å². The molecule has 10 heteroatoms. The molecule has 3 aliphatic carbocycles. The quantitative estimate of drug-likeness (QED) is 0.391. The van der Waals surface area contributed by atoms with Gasteiger partial charge in [-0.15, -0.1) is 0 Å². The number of rotatable bonds is 4. The summed E-state index contributed by atoms with van der Waals surface area (Å²) >= 11 is 0. The van der Waals surface area contributed by atoms with E-state index < -0.39 is 64.4 Å². The van der Waals surface area contributed by atoms with Crippen molar-refractivity contribution in [1.82, 2.24) is 4.90 Å². The zero-order valence-electron chi connectivity index (χ0n) is 24.4. The van der Waals surface area contributed by atoms with Gasteiger partial charge in [-0.25, -0.2) is 0 Å². The van der Waals surface area contributed by atoms with Crippen molar-refractivity contribution in [2.45, 2.75) is 57.2 Å². The molecule has 0 aliphatic heterocycles. The average molecular weight is 576 g/mol. The molecule has 0 bridgehead atoms. The number of amides is 1. The Morgan fingerprint density at radius 3 is 2.21 bits per heavy atom. The Labute approximate surface area is 244 Å². The van der Waals surface area contributed by atoms with Crippen LogP contribution in [0.3, 0.4) is 0 Å². The maximum absolute atomic E-state index is 14.1. The first-order valence-corrected chi connectivity index (χ1v) is 14.1. The fraction of sp³-hybridized carbons (Fsp3) is 0.469. The topological polar surface area (TPSA) is 181 Å². The summed E-state index contributed by atoms with van der Waals surface area (Å²) in [4.78, 5) is 68.6. The first kappa shape index (κ1) is 29.8. The molecule has 42 heavy (non-hydrogen) atoms. The molecule has 5 rings (SSSR count). The number of carbonyl (C=O) groups is 5. The van der Waals surface area contributed by atoms with Crippen LogP contribution in [0, 0.1) is 23.7 Å². The third kappa shape index (κ3) is 4.15. The summed E-state index contributed by atoms with van der Waals surface area (Å²) in [5.74, 6) is -10.7. The van der Waals surface area contributed by atoms with Crippen molar-refractivity contribution in [1.29, 1.82) is 0 Å². The molecule has 10 nitrogen and oxygen atoms in total. The van der Waals surface area contributed by atoms with Crippen molar-refractivity contribution in [3.05, 3.63) is 52.6 Å². The minimum atomic E-state index is -2.76. The number of Topliss-reactive ketones (excluding diaryl/α,β-unsaturated/α-hetero) is 4. The Morgan fingerprint density at radius 1 is 1.07 bits per heavy atom. The number of carbonyl (C=O) groups excluding carboxylic acids is 5. The van der Waals surface area contributed by atoms with Gasteiger partial charge >= 0.3 is 0 Å². The van der Waals surface area contributed by atoms with E-state index in [1.165, 1.54) is 4.90 Å². The molecule has 0 heterocycles. The predicted octanol–water partition coefficient (Wildman–Crippen LogP) is 1.29. The van der Waals surface area contributed by atoms with E-state index in [-0.39, 0.29) is 36.1 Å². The van der Waals surface area contributed by atoms with Gasteiger partial charge in [-0.05, 0) is 66.6 Å². The molecule has 0 radical (unpaired) electrons. The lowest BCUT2D eigenvalue weighted by Gasteiger charge is -2.52. The number of aliphatic hydroxyl groups is 1. The van der Waals surface area contributed by atoms with E-state index in [9.17, 15) is 34.2 Å². The Morgan fingerprint density at radius 2 is 1.69 bits per heavy atom. The number of primary amides is 1. The molecule has 222 valence electrons. The minimum Gasteiger partial charge on any atom is -0.507 e. The fourth-order valence-electron chi connectivity index (χ4n) is 7.29. The summed E-state index contributed by atoms with van der Waals surface area (Å²) in [6.07, 6.45) is 0.173. The Bertz CT molecular complexity index is 1540. The molecule has 1 amide bonds. The van der Waals surface area contributed by atoms with Crippen molar-refractivity contribution < 1.29 is 34.2 Å². The first-order chi connectivity index (χ1) is 19.5. The molecule has 6 atom stereocenters. The molecular weight excluding hydrogens is 538 g/mol. The number of phenolic OH excluding ortho intramolecular Hbond substituents is 1. The summed E-state index contributed by atoms with van der Waals surface area (Å²) in [7, 11) is 3.11. The summed E-state index contributed by atoms with van der Waals surface area (Å²) in [6.45, 7) is 6.23. The number of hydrogen-bond acceptors (Lipinski definition) is 9. The molecule has 0 aromatic heterocycles. The van der Waals surface area contributed by atoms with Crippen molar-refractivity contribution in [3.63, 3.8) is 0 Å². The van der Waals surface area contributed by atoms with Crippen LogP contribution in [-0.4, -0.2) is 69.9 Å². The number of aromatic hydroxyl groups is 1. The van der Waals surface area contributed by atoms with Crippen LogP contribution >= 0.6 is 0 Å². The van der Waals surface area contributed by atoms with Crippen LogP contribution in [0.4, 0.5) is 0 Å². The highest BCUT2D eigenvalue weighted by molar-refractivity contribution is 6.32. The van der Waals surface area contributed by atoms with Gasteiger partial charge in [-0.2, -0.15) is 0 Å². The van der Waals surface area contributed by atoms with E-state index in [1.54, 1.807) is 20.2 Å². The number of hydrogen-bond donors (Lipinski definition) is 4. The smallest absolute Gasteiger partial charge is 0.235 e. The lowest BCUT2D eigenvalue weighted by atomic mass is 9.52. The monoisotopic (exact) mass is 575 g/mol. The van der Waals surface area contributed by atoms with Crippen LogP contribution in [-0.2, 0) is 37.6 Å². The molecule has 3 aliphatic rings. The maximum Gasteiger partial charge on any atom is 0.235 e. The van der Waals surface area contributed by atoms with E-state index in [0.29, 0.717) is 16.7 Å². The van der Waals surface area contributed by atoms with E-state index >= 15 is 0 Å². The van der Waals surface area contributed by atoms with Gasteiger partial charge in [0.25, 0.3) is 0 Å². The summed E-state index contributed by atoms with van der Waals surface area (Å²) < 4.78 is 0. The number of nitrogens with two attached hydrogens (primary N) is 2.